The smallest absolute Gasteiger partial charge is 0.292 e. The van der Waals surface area contributed by atoms with E-state index in [0.29, 0.717) is 19.5 Å². The van der Waals surface area contributed by atoms with Crippen LogP contribution in [0.5, 0.6) is 0 Å². The zero-order valence-electron chi connectivity index (χ0n) is 14.4. The number of nitrogens with zero attached hydrogens (tertiary/aromatic N) is 5. The van der Waals surface area contributed by atoms with Crippen molar-refractivity contribution in [3.63, 3.8) is 0 Å². The van der Waals surface area contributed by atoms with Crippen molar-refractivity contribution in [3.8, 4) is 0 Å². The maximum absolute atomic E-state index is 12.5. The number of rotatable bonds is 2. The van der Waals surface area contributed by atoms with Crippen molar-refractivity contribution < 1.29 is 14.1 Å². The van der Waals surface area contributed by atoms with Crippen molar-refractivity contribution >= 4 is 11.8 Å². The Morgan fingerprint density at radius 3 is 2.68 bits per heavy atom. The van der Waals surface area contributed by atoms with Gasteiger partial charge < -0.3 is 14.3 Å². The first-order valence-electron chi connectivity index (χ1n) is 8.46. The van der Waals surface area contributed by atoms with Gasteiger partial charge in [-0.15, -0.1) is 0 Å². The first-order valence-corrected chi connectivity index (χ1v) is 8.46. The zero-order valence-corrected chi connectivity index (χ0v) is 14.4. The lowest BCUT2D eigenvalue weighted by molar-refractivity contribution is -0.130. The summed E-state index contributed by atoms with van der Waals surface area (Å²) in [6, 6.07) is 1.58. The zero-order chi connectivity index (χ0) is 17.6. The highest BCUT2D eigenvalue weighted by Crippen LogP contribution is 2.48. The highest BCUT2D eigenvalue weighted by atomic mass is 16.5. The molecule has 4 rings (SSSR count). The second-order valence-electron chi connectivity index (χ2n) is 6.93. The molecule has 8 nitrogen and oxygen atoms in total. The number of carbonyl (C=O) groups excluding carboxylic acids is 2. The quantitative estimate of drug-likeness (QED) is 0.813. The van der Waals surface area contributed by atoms with Gasteiger partial charge in [0.05, 0.1) is 17.9 Å². The largest absolute Gasteiger partial charge is 0.351 e. The fourth-order valence-electron chi connectivity index (χ4n) is 4.29. The van der Waals surface area contributed by atoms with Crippen molar-refractivity contribution in [2.24, 2.45) is 7.05 Å². The molecule has 0 N–H and O–H groups in total. The van der Waals surface area contributed by atoms with E-state index in [1.807, 2.05) is 31.4 Å². The molecule has 2 fully saturated rings. The molecule has 2 aromatic rings. The number of likely N-dealkylation sites (tertiary alicyclic amines) is 2. The monoisotopic (exact) mass is 343 g/mol. The lowest BCUT2D eigenvalue weighted by Gasteiger charge is -2.46. The van der Waals surface area contributed by atoms with Gasteiger partial charge in [-0.25, -0.2) is 0 Å². The molecule has 2 aromatic heterocycles. The van der Waals surface area contributed by atoms with E-state index in [4.69, 9.17) is 4.52 Å². The van der Waals surface area contributed by atoms with Gasteiger partial charge in [-0.2, -0.15) is 5.10 Å². The molecule has 0 aromatic carbocycles. The summed E-state index contributed by atoms with van der Waals surface area (Å²) < 4.78 is 6.75. The summed E-state index contributed by atoms with van der Waals surface area (Å²) in [6.07, 6.45) is 7.30. The summed E-state index contributed by atoms with van der Waals surface area (Å²) in [5.41, 5.74) is 0.841. The second-order valence-corrected chi connectivity index (χ2v) is 6.93. The van der Waals surface area contributed by atoms with E-state index in [0.717, 1.165) is 18.4 Å². The number of carbonyl (C=O) groups is 2. The summed E-state index contributed by atoms with van der Waals surface area (Å²) >= 11 is 0. The highest BCUT2D eigenvalue weighted by molar-refractivity contribution is 5.91. The van der Waals surface area contributed by atoms with Gasteiger partial charge in [0.1, 0.15) is 0 Å². The Morgan fingerprint density at radius 1 is 1.32 bits per heavy atom. The van der Waals surface area contributed by atoms with E-state index in [1.54, 1.807) is 15.6 Å². The molecule has 0 saturated carbocycles. The number of likely N-dealkylation sites (N-methyl/N-ethyl adjacent to an activating group) is 1. The Hall–Kier alpha value is -2.64. The number of aromatic nitrogens is 3. The van der Waals surface area contributed by atoms with Crippen LogP contribution in [0.25, 0.3) is 0 Å². The van der Waals surface area contributed by atoms with Gasteiger partial charge in [0.2, 0.25) is 11.7 Å². The Morgan fingerprint density at radius 2 is 2.08 bits per heavy atom. The molecule has 8 heteroatoms. The standard InChI is InChI=1S/C17H21N5O3/c1-20-11-12(10-18-20)13-9-15(23)21(2)17(13)4-7-22(8-5-17)16(24)14-3-6-19-25-14/h3,6,10-11,13H,4-5,7-9H2,1-2H3/t13-/m1/s1. The molecule has 2 amide bonds. The maximum Gasteiger partial charge on any atom is 0.292 e. The van der Waals surface area contributed by atoms with E-state index in [2.05, 4.69) is 10.3 Å². The van der Waals surface area contributed by atoms with Crippen molar-refractivity contribution in [2.75, 3.05) is 20.1 Å². The lowest BCUT2D eigenvalue weighted by Crippen LogP contribution is -2.55. The van der Waals surface area contributed by atoms with Crippen molar-refractivity contribution in [3.05, 3.63) is 36.0 Å². The van der Waals surface area contributed by atoms with Crippen molar-refractivity contribution in [1.82, 2.24) is 24.7 Å². The van der Waals surface area contributed by atoms with E-state index < -0.39 is 0 Å². The summed E-state index contributed by atoms with van der Waals surface area (Å²) in [5, 5.41) is 7.87. The van der Waals surface area contributed by atoms with Crippen LogP contribution in [0.2, 0.25) is 0 Å². The minimum Gasteiger partial charge on any atom is -0.351 e. The van der Waals surface area contributed by atoms with Crippen LogP contribution in [0.4, 0.5) is 0 Å². The second kappa shape index (κ2) is 5.72. The fourth-order valence-corrected chi connectivity index (χ4v) is 4.29. The van der Waals surface area contributed by atoms with Crippen LogP contribution in [0.3, 0.4) is 0 Å². The van der Waals surface area contributed by atoms with E-state index in [1.165, 1.54) is 6.20 Å². The average molecular weight is 343 g/mol. The first kappa shape index (κ1) is 15.9. The Kier molecular flexibility index (Phi) is 3.63. The van der Waals surface area contributed by atoms with Gasteiger partial charge in [0.25, 0.3) is 5.91 Å². The lowest BCUT2D eigenvalue weighted by atomic mass is 9.74. The molecular formula is C17H21N5O3. The minimum absolute atomic E-state index is 0.112. The molecule has 2 saturated heterocycles. The molecule has 4 heterocycles. The Bertz CT molecular complexity index is 789. The van der Waals surface area contributed by atoms with Gasteiger partial charge in [0.15, 0.2) is 0 Å². The normalized spacial score (nSPS) is 22.8. The Balaban J connectivity index is 1.56. The molecule has 1 atom stereocenters. The van der Waals surface area contributed by atoms with Crippen LogP contribution in [0.1, 0.15) is 41.3 Å². The van der Waals surface area contributed by atoms with E-state index in [-0.39, 0.29) is 29.0 Å². The molecule has 0 bridgehead atoms. The van der Waals surface area contributed by atoms with Crippen LogP contribution in [-0.4, -0.2) is 62.2 Å². The predicted octanol–water partition coefficient (Wildman–Crippen LogP) is 1.03. The molecule has 0 unspecified atom stereocenters. The molecule has 0 radical (unpaired) electrons. The van der Waals surface area contributed by atoms with Crippen LogP contribution < -0.4 is 0 Å². The molecule has 2 aliphatic heterocycles. The summed E-state index contributed by atoms with van der Waals surface area (Å²) in [4.78, 5) is 28.6. The predicted molar refractivity (Wildman–Crippen MR) is 87.7 cm³/mol. The molecule has 132 valence electrons. The number of amides is 2. The van der Waals surface area contributed by atoms with Crippen LogP contribution in [-0.2, 0) is 11.8 Å². The SMILES string of the molecule is CN1C(=O)C[C@H](c2cnn(C)c2)C12CCN(C(=O)c1ccno1)CC2. The third-order valence-corrected chi connectivity index (χ3v) is 5.76. The van der Waals surface area contributed by atoms with E-state index in [9.17, 15) is 9.59 Å². The topological polar surface area (TPSA) is 84.5 Å². The van der Waals surface area contributed by atoms with Crippen LogP contribution >= 0.6 is 0 Å². The maximum atomic E-state index is 12.5. The molecular weight excluding hydrogens is 322 g/mol. The summed E-state index contributed by atoms with van der Waals surface area (Å²) in [5.74, 6) is 0.387. The molecule has 1 spiro atoms. The minimum atomic E-state index is -0.252. The number of piperidine rings is 1. The molecule has 0 aliphatic carbocycles. The highest BCUT2D eigenvalue weighted by Gasteiger charge is 2.53. The van der Waals surface area contributed by atoms with Gasteiger partial charge in [-0.3, -0.25) is 14.3 Å². The van der Waals surface area contributed by atoms with Gasteiger partial charge in [-0.1, -0.05) is 5.16 Å². The van der Waals surface area contributed by atoms with Crippen LogP contribution in [0, 0.1) is 0 Å². The summed E-state index contributed by atoms with van der Waals surface area (Å²) in [6.45, 7) is 1.18. The third kappa shape index (κ3) is 2.43. The Labute approximate surface area is 145 Å². The van der Waals surface area contributed by atoms with Gasteiger partial charge in [0, 0.05) is 51.8 Å². The number of aryl methyl sites for hydroxylation is 1. The van der Waals surface area contributed by atoms with Crippen molar-refractivity contribution in [2.45, 2.75) is 30.7 Å². The number of hydrogen-bond donors (Lipinski definition) is 0. The number of hydrogen-bond acceptors (Lipinski definition) is 5. The summed E-state index contributed by atoms with van der Waals surface area (Å²) in [7, 11) is 3.77. The first-order chi connectivity index (χ1) is 12.0. The average Bonchev–Trinajstić information content (AvgIpc) is 3.33. The third-order valence-electron chi connectivity index (χ3n) is 5.76. The van der Waals surface area contributed by atoms with Crippen LogP contribution in [0.15, 0.2) is 29.2 Å². The van der Waals surface area contributed by atoms with Gasteiger partial charge in [-0.05, 0) is 18.4 Å². The fraction of sp³-hybridized carbons (Fsp3) is 0.529. The van der Waals surface area contributed by atoms with Gasteiger partial charge >= 0.3 is 0 Å². The molecule has 2 aliphatic rings. The molecule has 25 heavy (non-hydrogen) atoms. The van der Waals surface area contributed by atoms with Crippen molar-refractivity contribution in [1.29, 1.82) is 0 Å². The van der Waals surface area contributed by atoms with E-state index >= 15 is 0 Å².